The molecule has 1 aliphatic heterocycles. The molecule has 4 nitrogen and oxygen atoms in total. The Morgan fingerprint density at radius 2 is 2.09 bits per heavy atom. The Morgan fingerprint density at radius 3 is 2.83 bits per heavy atom. The van der Waals surface area contributed by atoms with Crippen molar-refractivity contribution in [3.63, 3.8) is 0 Å². The van der Waals surface area contributed by atoms with E-state index in [1.165, 1.54) is 31.4 Å². The molecule has 124 valence electrons. The number of hydrogen-bond acceptors (Lipinski definition) is 2. The number of aromatic nitrogens is 1. The zero-order valence-electron chi connectivity index (χ0n) is 13.8. The molecule has 1 aromatic heterocycles. The molecule has 1 aliphatic rings. The van der Waals surface area contributed by atoms with E-state index in [0.717, 1.165) is 24.3 Å². The van der Waals surface area contributed by atoms with Gasteiger partial charge in [0.25, 0.3) is 5.91 Å². The van der Waals surface area contributed by atoms with Gasteiger partial charge in [-0.25, -0.2) is 4.39 Å². The largest absolute Gasteiger partial charge is 0.358 e. The van der Waals surface area contributed by atoms with Crippen LogP contribution in [0.5, 0.6) is 0 Å². The molecule has 1 atom stereocenters. The van der Waals surface area contributed by atoms with E-state index < -0.39 is 0 Å². The zero-order valence-corrected chi connectivity index (χ0v) is 13.8. The van der Waals surface area contributed by atoms with Gasteiger partial charge in [-0.1, -0.05) is 6.42 Å². The minimum Gasteiger partial charge on any atom is -0.358 e. The highest BCUT2D eigenvalue weighted by molar-refractivity contribution is 6.08. The number of amides is 1. The number of aryl methyl sites for hydroxylation is 1. The van der Waals surface area contributed by atoms with Crippen molar-refractivity contribution in [3.8, 4) is 0 Å². The molecule has 0 bridgehead atoms. The number of nitrogens with zero attached hydrogens (tertiary/aromatic N) is 1. The molecule has 2 heterocycles. The van der Waals surface area contributed by atoms with Crippen molar-refractivity contribution in [2.75, 3.05) is 19.6 Å². The fourth-order valence-electron chi connectivity index (χ4n) is 3.41. The molecule has 0 spiro atoms. The molecule has 1 saturated heterocycles. The van der Waals surface area contributed by atoms with Crippen LogP contribution < -0.4 is 5.32 Å². The number of likely N-dealkylation sites (tertiary alicyclic amines) is 1. The molecule has 0 radical (unpaired) electrons. The van der Waals surface area contributed by atoms with E-state index in [4.69, 9.17) is 0 Å². The van der Waals surface area contributed by atoms with Crippen LogP contribution in [0.1, 0.15) is 42.2 Å². The van der Waals surface area contributed by atoms with Crippen molar-refractivity contribution in [1.29, 1.82) is 0 Å². The summed E-state index contributed by atoms with van der Waals surface area (Å²) in [5, 5.41) is 3.66. The fraction of sp³-hybridized carbons (Fsp3) is 0.500. The average molecular weight is 317 g/mol. The minimum atomic E-state index is -0.327. The molecule has 2 N–H and O–H groups in total. The summed E-state index contributed by atoms with van der Waals surface area (Å²) in [5.74, 6) is -0.463. The van der Waals surface area contributed by atoms with E-state index in [1.54, 1.807) is 6.07 Å². The first-order valence-electron chi connectivity index (χ1n) is 8.36. The second-order valence-electron chi connectivity index (χ2n) is 6.47. The zero-order chi connectivity index (χ0) is 16.4. The van der Waals surface area contributed by atoms with Crippen molar-refractivity contribution >= 4 is 16.8 Å². The maximum atomic E-state index is 13.5. The smallest absolute Gasteiger partial charge is 0.253 e. The lowest BCUT2D eigenvalue weighted by molar-refractivity contribution is 0.0931. The lowest BCUT2D eigenvalue weighted by atomic mass is 10.1. The number of halogens is 1. The van der Waals surface area contributed by atoms with Crippen LogP contribution in [0.2, 0.25) is 0 Å². The lowest BCUT2D eigenvalue weighted by Gasteiger charge is -2.32. The van der Waals surface area contributed by atoms with Gasteiger partial charge in [0.05, 0.1) is 5.56 Å². The SMILES string of the molecule is Cc1[nH]c2ccc(F)cc2c1C(=O)NCC(C)N1CCCCC1. The first kappa shape index (κ1) is 16.0. The maximum Gasteiger partial charge on any atom is 0.253 e. The lowest BCUT2D eigenvalue weighted by Crippen LogP contribution is -2.44. The molecule has 1 amide bonds. The molecule has 1 fully saturated rings. The number of fused-ring (bicyclic) bond motifs is 1. The topological polar surface area (TPSA) is 48.1 Å². The van der Waals surface area contributed by atoms with Gasteiger partial charge in [0, 0.05) is 29.2 Å². The maximum absolute atomic E-state index is 13.5. The molecule has 2 aromatic rings. The van der Waals surface area contributed by atoms with Crippen LogP contribution in [0.3, 0.4) is 0 Å². The standard InChI is InChI=1S/C18H24FN3O/c1-12(22-8-4-3-5-9-22)11-20-18(23)17-13(2)21-16-7-6-14(19)10-15(16)17/h6-7,10,12,21H,3-5,8-9,11H2,1-2H3,(H,20,23). The third kappa shape index (κ3) is 3.39. The summed E-state index contributed by atoms with van der Waals surface area (Å²) in [5.41, 5.74) is 2.11. The Kier molecular flexibility index (Phi) is 4.66. The van der Waals surface area contributed by atoms with Crippen LogP contribution in [0, 0.1) is 12.7 Å². The first-order valence-corrected chi connectivity index (χ1v) is 8.36. The molecular formula is C18H24FN3O. The quantitative estimate of drug-likeness (QED) is 0.909. The van der Waals surface area contributed by atoms with Crippen molar-refractivity contribution in [3.05, 3.63) is 35.3 Å². The van der Waals surface area contributed by atoms with Gasteiger partial charge in [0.15, 0.2) is 0 Å². The van der Waals surface area contributed by atoms with Gasteiger partial charge >= 0.3 is 0 Å². The van der Waals surface area contributed by atoms with Crippen LogP contribution >= 0.6 is 0 Å². The molecule has 0 aliphatic carbocycles. The molecule has 1 unspecified atom stereocenters. The summed E-state index contributed by atoms with van der Waals surface area (Å²) >= 11 is 0. The highest BCUT2D eigenvalue weighted by atomic mass is 19.1. The van der Waals surface area contributed by atoms with Crippen LogP contribution in [0.4, 0.5) is 4.39 Å². The van der Waals surface area contributed by atoms with Gasteiger partial charge in [-0.3, -0.25) is 9.69 Å². The molecule has 1 aromatic carbocycles. The second kappa shape index (κ2) is 6.71. The van der Waals surface area contributed by atoms with Crippen molar-refractivity contribution in [1.82, 2.24) is 15.2 Å². The Morgan fingerprint density at radius 1 is 1.35 bits per heavy atom. The average Bonchev–Trinajstić information content (AvgIpc) is 2.88. The first-order chi connectivity index (χ1) is 11.1. The van der Waals surface area contributed by atoms with Crippen LogP contribution in [-0.4, -0.2) is 41.5 Å². The third-order valence-electron chi connectivity index (χ3n) is 4.75. The Hall–Kier alpha value is -1.88. The summed E-state index contributed by atoms with van der Waals surface area (Å²) in [6.07, 6.45) is 3.77. The summed E-state index contributed by atoms with van der Waals surface area (Å²) in [4.78, 5) is 18.1. The summed E-state index contributed by atoms with van der Waals surface area (Å²) in [6.45, 7) is 6.82. The Labute approximate surface area is 136 Å². The van der Waals surface area contributed by atoms with Crippen LogP contribution in [0.25, 0.3) is 10.9 Å². The van der Waals surface area contributed by atoms with E-state index in [9.17, 15) is 9.18 Å². The predicted molar refractivity (Wildman–Crippen MR) is 90.2 cm³/mol. The fourth-order valence-corrected chi connectivity index (χ4v) is 3.41. The number of piperidine rings is 1. The molecule has 5 heteroatoms. The molecule has 3 rings (SSSR count). The number of hydrogen-bond donors (Lipinski definition) is 2. The minimum absolute atomic E-state index is 0.136. The van der Waals surface area contributed by atoms with E-state index >= 15 is 0 Å². The molecule has 0 saturated carbocycles. The number of carbonyl (C=O) groups is 1. The number of H-pyrrole nitrogens is 1. The molecular weight excluding hydrogens is 293 g/mol. The number of carbonyl (C=O) groups excluding carboxylic acids is 1. The van der Waals surface area contributed by atoms with Crippen LogP contribution in [0.15, 0.2) is 18.2 Å². The van der Waals surface area contributed by atoms with Gasteiger partial charge in [-0.2, -0.15) is 0 Å². The highest BCUT2D eigenvalue weighted by Gasteiger charge is 2.20. The predicted octanol–water partition coefficient (Wildman–Crippen LogP) is 3.22. The van der Waals surface area contributed by atoms with E-state index in [2.05, 4.69) is 22.1 Å². The van der Waals surface area contributed by atoms with Crippen LogP contribution in [-0.2, 0) is 0 Å². The number of nitrogens with one attached hydrogen (secondary N) is 2. The van der Waals surface area contributed by atoms with Gasteiger partial charge in [-0.15, -0.1) is 0 Å². The Balaban J connectivity index is 1.70. The van der Waals surface area contributed by atoms with Gasteiger partial charge < -0.3 is 10.3 Å². The number of benzene rings is 1. The van der Waals surface area contributed by atoms with Crippen molar-refractivity contribution in [2.45, 2.75) is 39.2 Å². The monoisotopic (exact) mass is 317 g/mol. The number of rotatable bonds is 4. The summed E-state index contributed by atoms with van der Waals surface area (Å²) in [7, 11) is 0. The number of aromatic amines is 1. The third-order valence-corrected chi connectivity index (χ3v) is 4.75. The second-order valence-corrected chi connectivity index (χ2v) is 6.47. The van der Waals surface area contributed by atoms with E-state index in [-0.39, 0.29) is 11.7 Å². The highest BCUT2D eigenvalue weighted by Crippen LogP contribution is 2.23. The van der Waals surface area contributed by atoms with E-state index in [1.807, 2.05) is 6.92 Å². The van der Waals surface area contributed by atoms with Crippen molar-refractivity contribution < 1.29 is 9.18 Å². The normalized spacial score (nSPS) is 17.3. The summed E-state index contributed by atoms with van der Waals surface area (Å²) in [6, 6.07) is 4.81. The van der Waals surface area contributed by atoms with Gasteiger partial charge in [0.2, 0.25) is 0 Å². The van der Waals surface area contributed by atoms with Gasteiger partial charge in [0.1, 0.15) is 5.82 Å². The van der Waals surface area contributed by atoms with E-state index in [0.29, 0.717) is 23.5 Å². The molecule has 23 heavy (non-hydrogen) atoms. The Bertz CT molecular complexity index is 704. The van der Waals surface area contributed by atoms with Gasteiger partial charge in [-0.05, 0) is 58.0 Å². The van der Waals surface area contributed by atoms with Crippen molar-refractivity contribution in [2.24, 2.45) is 0 Å². The summed E-state index contributed by atoms with van der Waals surface area (Å²) < 4.78 is 13.5.